The minimum Gasteiger partial charge on any atom is -0.612 e. The van der Waals surface area contributed by atoms with E-state index in [9.17, 15) is 32.6 Å². The molecule has 1 aliphatic heterocycles. The molecule has 2 aromatic rings. The maximum Gasteiger partial charge on any atom is 0.416 e. The van der Waals surface area contributed by atoms with Gasteiger partial charge in [0.25, 0.3) is 0 Å². The minimum absolute atomic E-state index is 0.0318. The molecule has 1 heterocycles. The lowest BCUT2D eigenvalue weighted by Gasteiger charge is -2.35. The highest BCUT2D eigenvalue weighted by atomic mass is 32.2. The van der Waals surface area contributed by atoms with Crippen LogP contribution in [0.4, 0.5) is 23.7 Å². The smallest absolute Gasteiger partial charge is 0.416 e. The summed E-state index contributed by atoms with van der Waals surface area (Å²) < 4.78 is 57.4. The van der Waals surface area contributed by atoms with Crippen LogP contribution in [0.3, 0.4) is 0 Å². The Morgan fingerprint density at radius 1 is 1.34 bits per heavy atom. The highest BCUT2D eigenvalue weighted by Crippen LogP contribution is 2.38. The summed E-state index contributed by atoms with van der Waals surface area (Å²) in [7, 11) is 0. The predicted molar refractivity (Wildman–Crippen MR) is 123 cm³/mol. The number of nitrogens with zero attached hydrogens (tertiary/aromatic N) is 2. The SMILES string of the molecule is C=CCOC(=O)C1=C(C)N(c2cccc(C(F)(F)F)c2)C(=O)NC1c1ccc(C#N)cc1[S+](C)[O-]. The highest BCUT2D eigenvalue weighted by Gasteiger charge is 2.40. The molecule has 2 aromatic carbocycles. The number of nitriles is 1. The van der Waals surface area contributed by atoms with Crippen molar-refractivity contribution in [3.05, 3.63) is 83.1 Å². The summed E-state index contributed by atoms with van der Waals surface area (Å²) in [6.07, 6.45) is -1.92. The van der Waals surface area contributed by atoms with E-state index >= 15 is 0 Å². The Hall–Kier alpha value is -3.75. The van der Waals surface area contributed by atoms with Crippen molar-refractivity contribution in [1.82, 2.24) is 5.32 Å². The number of amides is 2. The topological polar surface area (TPSA) is 105 Å². The summed E-state index contributed by atoms with van der Waals surface area (Å²) >= 11 is -1.60. The number of carbonyl (C=O) groups is 2. The number of hydrogen-bond acceptors (Lipinski definition) is 5. The Balaban J connectivity index is 2.22. The van der Waals surface area contributed by atoms with Gasteiger partial charge in [-0.25, -0.2) is 9.59 Å². The van der Waals surface area contributed by atoms with Gasteiger partial charge in [0.15, 0.2) is 4.90 Å². The number of ether oxygens (including phenoxy) is 1. The molecule has 3 rings (SSSR count). The van der Waals surface area contributed by atoms with Crippen molar-refractivity contribution in [3.8, 4) is 6.07 Å². The number of hydrogen-bond donors (Lipinski definition) is 1. The Bertz CT molecular complexity index is 1250. The molecule has 0 bridgehead atoms. The van der Waals surface area contributed by atoms with Gasteiger partial charge in [-0.1, -0.05) is 24.8 Å². The molecule has 1 N–H and O–H groups in total. The van der Waals surface area contributed by atoms with Crippen LogP contribution in [-0.2, 0) is 26.9 Å². The third-order valence-electron chi connectivity index (χ3n) is 5.23. The van der Waals surface area contributed by atoms with Crippen molar-refractivity contribution in [2.24, 2.45) is 0 Å². The van der Waals surface area contributed by atoms with E-state index in [1.165, 1.54) is 43.5 Å². The fourth-order valence-corrected chi connectivity index (χ4v) is 4.49. The first kappa shape index (κ1) is 25.9. The Labute approximate surface area is 202 Å². The van der Waals surface area contributed by atoms with E-state index in [0.717, 1.165) is 23.1 Å². The largest absolute Gasteiger partial charge is 0.612 e. The number of nitrogens with one attached hydrogen (secondary N) is 1. The maximum atomic E-state index is 13.3. The van der Waals surface area contributed by atoms with Gasteiger partial charge in [0.2, 0.25) is 0 Å². The molecule has 0 aromatic heterocycles. The number of rotatable bonds is 6. The number of alkyl halides is 3. The molecule has 11 heteroatoms. The van der Waals surface area contributed by atoms with Gasteiger partial charge in [0.1, 0.15) is 12.9 Å². The molecule has 1 aliphatic rings. The molecular formula is C24H20F3N3O4S. The van der Waals surface area contributed by atoms with Crippen molar-refractivity contribution < 1.29 is 32.0 Å². The lowest BCUT2D eigenvalue weighted by Crippen LogP contribution is -2.48. The van der Waals surface area contributed by atoms with E-state index < -0.39 is 41.0 Å². The van der Waals surface area contributed by atoms with Crippen LogP contribution in [0.15, 0.2) is 71.3 Å². The highest BCUT2D eigenvalue weighted by molar-refractivity contribution is 7.90. The second-order valence-electron chi connectivity index (χ2n) is 7.47. The standard InChI is InChI=1S/C24H20F3N3O4S/c1-4-10-34-22(31)20-14(2)30(17-7-5-6-16(12-17)24(25,26)27)23(32)29-21(20)18-9-8-15(13-28)11-19(18)35(3)33/h4-9,11-12,21H,1,10H2,2-3H3,(H,29,32). The second kappa shape index (κ2) is 10.2. The monoisotopic (exact) mass is 503 g/mol. The molecule has 2 atom stereocenters. The number of carbonyl (C=O) groups excluding carboxylic acids is 2. The van der Waals surface area contributed by atoms with Crippen LogP contribution in [0.5, 0.6) is 0 Å². The van der Waals surface area contributed by atoms with Crippen molar-refractivity contribution in [3.63, 3.8) is 0 Å². The van der Waals surface area contributed by atoms with E-state index in [1.54, 1.807) is 0 Å². The van der Waals surface area contributed by atoms with Gasteiger partial charge < -0.3 is 14.6 Å². The summed E-state index contributed by atoms with van der Waals surface area (Å²) in [6.45, 7) is 4.74. The quantitative estimate of drug-likeness (QED) is 0.353. The van der Waals surface area contributed by atoms with Crippen LogP contribution < -0.4 is 10.2 Å². The first-order valence-corrected chi connectivity index (χ1v) is 11.7. The molecule has 0 radical (unpaired) electrons. The molecule has 0 spiro atoms. The molecule has 0 aliphatic carbocycles. The average molecular weight is 504 g/mol. The zero-order valence-electron chi connectivity index (χ0n) is 18.7. The molecule has 0 saturated heterocycles. The van der Waals surface area contributed by atoms with Gasteiger partial charge in [-0.2, -0.15) is 18.4 Å². The normalized spacial score (nSPS) is 16.9. The molecule has 0 fully saturated rings. The van der Waals surface area contributed by atoms with Crippen LogP contribution in [0.25, 0.3) is 0 Å². The van der Waals surface area contributed by atoms with E-state index in [1.807, 2.05) is 6.07 Å². The summed E-state index contributed by atoms with van der Waals surface area (Å²) in [5.41, 5.74) is -0.606. The first-order valence-electron chi connectivity index (χ1n) is 10.1. The third kappa shape index (κ3) is 5.34. The molecule has 7 nitrogen and oxygen atoms in total. The van der Waals surface area contributed by atoms with Gasteiger partial charge >= 0.3 is 18.2 Å². The molecular weight excluding hydrogens is 483 g/mol. The first-order chi connectivity index (χ1) is 16.5. The van der Waals surface area contributed by atoms with Crippen LogP contribution in [-0.4, -0.2) is 29.4 Å². The summed E-state index contributed by atoms with van der Waals surface area (Å²) in [4.78, 5) is 27.3. The summed E-state index contributed by atoms with van der Waals surface area (Å²) in [6, 6.07) is 8.43. The van der Waals surface area contributed by atoms with E-state index in [-0.39, 0.29) is 39.6 Å². The van der Waals surface area contributed by atoms with Crippen LogP contribution in [0.1, 0.15) is 29.7 Å². The van der Waals surface area contributed by atoms with E-state index in [2.05, 4.69) is 11.9 Å². The molecule has 2 unspecified atom stereocenters. The van der Waals surface area contributed by atoms with Gasteiger partial charge in [0.05, 0.1) is 34.5 Å². The number of benzene rings is 2. The zero-order chi connectivity index (χ0) is 25.9. The molecule has 0 saturated carbocycles. The molecule has 2 amide bonds. The van der Waals surface area contributed by atoms with Gasteiger partial charge in [-0.05, 0) is 42.4 Å². The van der Waals surface area contributed by atoms with Crippen LogP contribution in [0.2, 0.25) is 0 Å². The van der Waals surface area contributed by atoms with E-state index in [4.69, 9.17) is 4.74 Å². The maximum absolute atomic E-state index is 13.3. The number of allylic oxidation sites excluding steroid dienone is 1. The lowest BCUT2D eigenvalue weighted by atomic mass is 9.93. The minimum atomic E-state index is -4.64. The predicted octanol–water partition coefficient (Wildman–Crippen LogP) is 4.59. The Kier molecular flexibility index (Phi) is 7.57. The summed E-state index contributed by atoms with van der Waals surface area (Å²) in [5.74, 6) is -0.846. The Morgan fingerprint density at radius 3 is 2.66 bits per heavy atom. The second-order valence-corrected chi connectivity index (χ2v) is 8.82. The number of anilines is 1. The lowest BCUT2D eigenvalue weighted by molar-refractivity contribution is -0.139. The van der Waals surface area contributed by atoms with Crippen molar-refractivity contribution >= 4 is 28.9 Å². The third-order valence-corrected chi connectivity index (χ3v) is 6.20. The Morgan fingerprint density at radius 2 is 2.06 bits per heavy atom. The van der Waals surface area contributed by atoms with Crippen molar-refractivity contribution in [2.75, 3.05) is 17.8 Å². The zero-order valence-corrected chi connectivity index (χ0v) is 19.5. The van der Waals surface area contributed by atoms with Gasteiger partial charge in [0, 0.05) is 17.3 Å². The average Bonchev–Trinajstić information content (AvgIpc) is 2.81. The van der Waals surface area contributed by atoms with E-state index in [0.29, 0.717) is 0 Å². The fraction of sp³-hybridized carbons (Fsp3) is 0.208. The fourth-order valence-electron chi connectivity index (χ4n) is 3.68. The van der Waals surface area contributed by atoms with Gasteiger partial charge in [-0.3, -0.25) is 4.90 Å². The molecule has 182 valence electrons. The van der Waals surface area contributed by atoms with Crippen molar-refractivity contribution in [1.29, 1.82) is 5.26 Å². The molecule has 35 heavy (non-hydrogen) atoms. The van der Waals surface area contributed by atoms with Crippen LogP contribution in [0, 0.1) is 11.3 Å². The number of esters is 1. The summed E-state index contributed by atoms with van der Waals surface area (Å²) in [5, 5.41) is 11.8. The van der Waals surface area contributed by atoms with Gasteiger partial charge in [-0.15, -0.1) is 0 Å². The van der Waals surface area contributed by atoms with Crippen molar-refractivity contribution in [2.45, 2.75) is 24.0 Å². The number of urea groups is 1. The van der Waals surface area contributed by atoms with Crippen LogP contribution >= 0.6 is 0 Å². The number of halogens is 3.